The molecule has 1 aliphatic heterocycles. The maximum Gasteiger partial charge on any atom is 0.240 e. The molecule has 1 aliphatic rings. The fourth-order valence-corrected chi connectivity index (χ4v) is 4.41. The second-order valence-electron chi connectivity index (χ2n) is 5.97. The Morgan fingerprint density at radius 3 is 2.82 bits per heavy atom. The number of carbonyl (C=O) groups is 1. The first kappa shape index (κ1) is 17.0. The van der Waals surface area contributed by atoms with Gasteiger partial charge < -0.3 is 9.47 Å². The maximum absolute atomic E-state index is 12.5. The summed E-state index contributed by atoms with van der Waals surface area (Å²) >= 11 is 0. The average molecular weight is 327 g/mol. The van der Waals surface area contributed by atoms with Crippen LogP contribution in [0.1, 0.15) is 45.0 Å². The largest absolute Gasteiger partial charge is 0.340 e. The van der Waals surface area contributed by atoms with Crippen LogP contribution in [0.5, 0.6) is 0 Å². The number of hydrogen-bond acceptors (Lipinski definition) is 4. The van der Waals surface area contributed by atoms with Gasteiger partial charge in [-0.2, -0.15) is 0 Å². The van der Waals surface area contributed by atoms with Gasteiger partial charge in [0.25, 0.3) is 0 Å². The summed E-state index contributed by atoms with van der Waals surface area (Å²) in [6, 6.07) is 0.182. The van der Waals surface area contributed by atoms with Crippen molar-refractivity contribution in [2.45, 2.75) is 51.3 Å². The van der Waals surface area contributed by atoms with Crippen molar-refractivity contribution in [1.29, 1.82) is 0 Å². The summed E-state index contributed by atoms with van der Waals surface area (Å²) in [6.45, 7) is 6.46. The second-order valence-corrected chi connectivity index (χ2v) is 8.41. The lowest BCUT2D eigenvalue weighted by Gasteiger charge is -2.35. The lowest BCUT2D eigenvalue weighted by atomic mass is 10.0. The van der Waals surface area contributed by atoms with Gasteiger partial charge in [-0.15, -0.1) is 0 Å². The summed E-state index contributed by atoms with van der Waals surface area (Å²) < 4.78 is 26.3. The van der Waals surface area contributed by atoms with E-state index in [9.17, 15) is 13.2 Å². The highest BCUT2D eigenvalue weighted by Crippen LogP contribution is 2.24. The van der Waals surface area contributed by atoms with Crippen molar-refractivity contribution >= 4 is 15.7 Å². The molecule has 7 heteroatoms. The molecule has 1 saturated heterocycles. The van der Waals surface area contributed by atoms with Crippen LogP contribution in [-0.2, 0) is 14.6 Å². The van der Waals surface area contributed by atoms with Gasteiger partial charge in [0.1, 0.15) is 11.1 Å². The molecule has 0 spiro atoms. The Labute approximate surface area is 132 Å². The summed E-state index contributed by atoms with van der Waals surface area (Å²) in [6.07, 6.45) is 6.08. The van der Waals surface area contributed by atoms with Crippen LogP contribution in [0.15, 0.2) is 12.4 Å². The zero-order valence-electron chi connectivity index (χ0n) is 13.5. The second kappa shape index (κ2) is 6.81. The van der Waals surface area contributed by atoms with Crippen molar-refractivity contribution in [3.8, 4) is 0 Å². The van der Waals surface area contributed by atoms with Crippen LogP contribution >= 0.6 is 0 Å². The monoisotopic (exact) mass is 327 g/mol. The van der Waals surface area contributed by atoms with E-state index in [1.54, 1.807) is 11.1 Å². The van der Waals surface area contributed by atoms with Crippen LogP contribution in [-0.4, -0.2) is 52.9 Å². The molecular weight excluding hydrogens is 302 g/mol. The number of rotatable bonds is 5. The Kier molecular flexibility index (Phi) is 5.26. The van der Waals surface area contributed by atoms with Gasteiger partial charge in [-0.25, -0.2) is 13.4 Å². The maximum atomic E-state index is 12.5. The van der Waals surface area contributed by atoms with Gasteiger partial charge >= 0.3 is 0 Å². The Hall–Kier alpha value is -1.37. The number of aromatic nitrogens is 2. The molecule has 0 unspecified atom stereocenters. The van der Waals surface area contributed by atoms with E-state index in [2.05, 4.69) is 9.55 Å². The molecule has 6 nitrogen and oxygen atoms in total. The van der Waals surface area contributed by atoms with E-state index in [-0.39, 0.29) is 17.7 Å². The number of piperidine rings is 1. The minimum Gasteiger partial charge on any atom is -0.340 e. The molecule has 0 aromatic carbocycles. The van der Waals surface area contributed by atoms with E-state index in [1.165, 1.54) is 6.92 Å². The van der Waals surface area contributed by atoms with Gasteiger partial charge in [0, 0.05) is 25.5 Å². The molecule has 1 aromatic heterocycles. The summed E-state index contributed by atoms with van der Waals surface area (Å²) in [5.41, 5.74) is 0. The summed E-state index contributed by atoms with van der Waals surface area (Å²) in [5.74, 6) is 0.722. The highest BCUT2D eigenvalue weighted by Gasteiger charge is 2.33. The number of imidazole rings is 1. The van der Waals surface area contributed by atoms with E-state index < -0.39 is 15.1 Å². The smallest absolute Gasteiger partial charge is 0.240 e. The standard InChI is InChI=1S/C15H25N3O3S/c1-4-10-22(20,21)12(2)15(19)17-8-5-6-14(11-17)18-9-7-16-13(18)3/h7,9,12,14H,4-6,8,10-11H2,1-3H3/t12-,14+/m1/s1. The third-order valence-electron chi connectivity index (χ3n) is 4.34. The molecule has 2 atom stereocenters. The van der Waals surface area contributed by atoms with E-state index in [4.69, 9.17) is 0 Å². The lowest BCUT2D eigenvalue weighted by molar-refractivity contribution is -0.132. The SMILES string of the molecule is CCCS(=O)(=O)[C@H](C)C(=O)N1CCC[C@H](n2ccnc2C)C1. The predicted octanol–water partition coefficient (Wildman–Crippen LogP) is 1.57. The van der Waals surface area contributed by atoms with Crippen molar-refractivity contribution in [2.24, 2.45) is 0 Å². The van der Waals surface area contributed by atoms with Crippen LogP contribution in [0.2, 0.25) is 0 Å². The van der Waals surface area contributed by atoms with Crippen LogP contribution in [0, 0.1) is 6.92 Å². The Morgan fingerprint density at radius 1 is 1.50 bits per heavy atom. The molecule has 0 saturated carbocycles. The number of likely N-dealkylation sites (tertiary alicyclic amines) is 1. The van der Waals surface area contributed by atoms with E-state index in [0.717, 1.165) is 18.7 Å². The third-order valence-corrected chi connectivity index (χ3v) is 6.60. The highest BCUT2D eigenvalue weighted by molar-refractivity contribution is 7.92. The van der Waals surface area contributed by atoms with Gasteiger partial charge in [-0.1, -0.05) is 6.92 Å². The van der Waals surface area contributed by atoms with Gasteiger partial charge in [0.15, 0.2) is 9.84 Å². The topological polar surface area (TPSA) is 72.3 Å². The number of sulfone groups is 1. The van der Waals surface area contributed by atoms with Crippen molar-refractivity contribution < 1.29 is 13.2 Å². The number of aryl methyl sites for hydroxylation is 1. The molecule has 1 aromatic rings. The Balaban J connectivity index is 2.09. The quantitative estimate of drug-likeness (QED) is 0.823. The number of nitrogens with zero attached hydrogens (tertiary/aromatic N) is 3. The third kappa shape index (κ3) is 3.51. The normalized spacial score (nSPS) is 20.9. The van der Waals surface area contributed by atoms with Crippen molar-refractivity contribution in [2.75, 3.05) is 18.8 Å². The van der Waals surface area contributed by atoms with E-state index in [1.807, 2.05) is 20.0 Å². The molecular formula is C15H25N3O3S. The zero-order chi connectivity index (χ0) is 16.3. The fourth-order valence-electron chi connectivity index (χ4n) is 3.03. The molecule has 0 aliphatic carbocycles. The van der Waals surface area contributed by atoms with Gasteiger partial charge in [-0.05, 0) is 33.1 Å². The molecule has 2 rings (SSSR count). The first-order valence-corrected chi connectivity index (χ1v) is 9.58. The fraction of sp³-hybridized carbons (Fsp3) is 0.733. The molecule has 1 amide bonds. The summed E-state index contributed by atoms with van der Waals surface area (Å²) in [7, 11) is -3.35. The number of carbonyl (C=O) groups excluding carboxylic acids is 1. The van der Waals surface area contributed by atoms with E-state index >= 15 is 0 Å². The van der Waals surface area contributed by atoms with Gasteiger partial charge in [0.2, 0.25) is 5.91 Å². The molecule has 0 bridgehead atoms. The molecule has 2 heterocycles. The molecule has 0 radical (unpaired) electrons. The minimum atomic E-state index is -3.35. The predicted molar refractivity (Wildman–Crippen MR) is 85.4 cm³/mol. The van der Waals surface area contributed by atoms with Crippen molar-refractivity contribution in [3.63, 3.8) is 0 Å². The highest BCUT2D eigenvalue weighted by atomic mass is 32.2. The van der Waals surface area contributed by atoms with Crippen LogP contribution in [0.25, 0.3) is 0 Å². The summed E-state index contributed by atoms with van der Waals surface area (Å²) in [4.78, 5) is 18.5. The Morgan fingerprint density at radius 2 is 2.23 bits per heavy atom. The number of hydrogen-bond donors (Lipinski definition) is 0. The van der Waals surface area contributed by atoms with Crippen molar-refractivity contribution in [1.82, 2.24) is 14.5 Å². The van der Waals surface area contributed by atoms with E-state index in [0.29, 0.717) is 19.5 Å². The first-order chi connectivity index (χ1) is 10.4. The van der Waals surface area contributed by atoms with Crippen LogP contribution in [0.3, 0.4) is 0 Å². The van der Waals surface area contributed by atoms with Gasteiger partial charge in [0.05, 0.1) is 11.8 Å². The molecule has 1 fully saturated rings. The van der Waals surface area contributed by atoms with Crippen molar-refractivity contribution in [3.05, 3.63) is 18.2 Å². The molecule has 0 N–H and O–H groups in total. The van der Waals surface area contributed by atoms with Crippen LogP contribution in [0.4, 0.5) is 0 Å². The van der Waals surface area contributed by atoms with Crippen LogP contribution < -0.4 is 0 Å². The Bertz CT molecular complexity index is 624. The first-order valence-electron chi connectivity index (χ1n) is 7.86. The average Bonchev–Trinajstić information content (AvgIpc) is 2.92. The lowest BCUT2D eigenvalue weighted by Crippen LogP contribution is -2.47. The molecule has 22 heavy (non-hydrogen) atoms. The summed E-state index contributed by atoms with van der Waals surface area (Å²) in [5, 5.41) is -0.949. The number of amides is 1. The zero-order valence-corrected chi connectivity index (χ0v) is 14.3. The van der Waals surface area contributed by atoms with Gasteiger partial charge in [-0.3, -0.25) is 4.79 Å². The minimum absolute atomic E-state index is 0.0673. The molecule has 124 valence electrons.